The number of aliphatic hydroxyl groups excluding tert-OH is 1. The first-order valence-electron chi connectivity index (χ1n) is 6.29. The van der Waals surface area contributed by atoms with E-state index in [2.05, 4.69) is 11.9 Å². The van der Waals surface area contributed by atoms with Gasteiger partial charge in [0.15, 0.2) is 0 Å². The van der Waals surface area contributed by atoms with Crippen LogP contribution in [0.2, 0.25) is 0 Å². The van der Waals surface area contributed by atoms with Gasteiger partial charge in [-0.1, -0.05) is 31.8 Å². The minimum Gasteiger partial charge on any atom is -0.395 e. The van der Waals surface area contributed by atoms with Crippen LogP contribution < -0.4 is 5.32 Å². The SMILES string of the molecule is C=CCCCCCCCCC(=O)NCCO. The van der Waals surface area contributed by atoms with Crippen LogP contribution in [0, 0.1) is 0 Å². The van der Waals surface area contributed by atoms with Crippen LogP contribution in [0.4, 0.5) is 0 Å². The van der Waals surface area contributed by atoms with Crippen molar-refractivity contribution < 1.29 is 9.90 Å². The smallest absolute Gasteiger partial charge is 0.220 e. The van der Waals surface area contributed by atoms with E-state index in [1.807, 2.05) is 6.08 Å². The Morgan fingerprint density at radius 3 is 2.38 bits per heavy atom. The van der Waals surface area contributed by atoms with Gasteiger partial charge in [0, 0.05) is 13.0 Å². The first-order valence-corrected chi connectivity index (χ1v) is 6.29. The van der Waals surface area contributed by atoms with Crippen molar-refractivity contribution >= 4 is 5.91 Å². The molecule has 3 nitrogen and oxygen atoms in total. The molecule has 0 bridgehead atoms. The fraction of sp³-hybridized carbons (Fsp3) is 0.769. The lowest BCUT2D eigenvalue weighted by Gasteiger charge is -2.03. The number of hydrogen-bond acceptors (Lipinski definition) is 2. The second-order valence-corrected chi connectivity index (χ2v) is 4.02. The van der Waals surface area contributed by atoms with Gasteiger partial charge in [0.1, 0.15) is 0 Å². The van der Waals surface area contributed by atoms with Gasteiger partial charge in [-0.15, -0.1) is 6.58 Å². The highest BCUT2D eigenvalue weighted by Gasteiger charge is 1.99. The zero-order chi connectivity index (χ0) is 12.1. The first kappa shape index (κ1) is 15.2. The minimum absolute atomic E-state index is 0.0229. The maximum atomic E-state index is 11.1. The summed E-state index contributed by atoms with van der Waals surface area (Å²) in [6, 6.07) is 0. The number of rotatable bonds is 11. The van der Waals surface area contributed by atoms with E-state index in [0.717, 1.165) is 19.3 Å². The van der Waals surface area contributed by atoms with Crippen molar-refractivity contribution in [3.63, 3.8) is 0 Å². The van der Waals surface area contributed by atoms with Gasteiger partial charge in [-0.2, -0.15) is 0 Å². The average molecular weight is 227 g/mol. The Hall–Kier alpha value is -0.830. The molecule has 0 aliphatic carbocycles. The molecule has 0 aromatic rings. The predicted octanol–water partition coefficient (Wildman–Crippen LogP) is 2.40. The van der Waals surface area contributed by atoms with Crippen molar-refractivity contribution in [1.29, 1.82) is 0 Å². The Balaban J connectivity index is 3.08. The maximum Gasteiger partial charge on any atom is 0.220 e. The van der Waals surface area contributed by atoms with Gasteiger partial charge in [-0.25, -0.2) is 0 Å². The van der Waals surface area contributed by atoms with Crippen molar-refractivity contribution in [3.8, 4) is 0 Å². The molecule has 0 aromatic heterocycles. The Bertz CT molecular complexity index is 181. The molecule has 0 saturated heterocycles. The van der Waals surface area contributed by atoms with Crippen LogP contribution in [0.5, 0.6) is 0 Å². The molecule has 0 radical (unpaired) electrons. The van der Waals surface area contributed by atoms with Gasteiger partial charge in [0.05, 0.1) is 6.61 Å². The summed E-state index contributed by atoms with van der Waals surface area (Å²) in [5.41, 5.74) is 0. The molecule has 0 heterocycles. The Labute approximate surface area is 98.9 Å². The van der Waals surface area contributed by atoms with Gasteiger partial charge in [-0.3, -0.25) is 4.79 Å². The molecule has 2 N–H and O–H groups in total. The normalized spacial score (nSPS) is 10.1. The molecule has 1 amide bonds. The van der Waals surface area contributed by atoms with E-state index in [1.165, 1.54) is 25.7 Å². The predicted molar refractivity (Wildman–Crippen MR) is 67.2 cm³/mol. The van der Waals surface area contributed by atoms with E-state index in [0.29, 0.717) is 13.0 Å². The molecule has 0 saturated carbocycles. The second-order valence-electron chi connectivity index (χ2n) is 4.02. The van der Waals surface area contributed by atoms with Gasteiger partial charge in [-0.05, 0) is 19.3 Å². The number of carbonyl (C=O) groups is 1. The van der Waals surface area contributed by atoms with E-state index in [-0.39, 0.29) is 12.5 Å². The van der Waals surface area contributed by atoms with Crippen LogP contribution in [0.25, 0.3) is 0 Å². The van der Waals surface area contributed by atoms with Gasteiger partial charge in [0.25, 0.3) is 0 Å². The molecular formula is C13H25NO2. The summed E-state index contributed by atoms with van der Waals surface area (Å²) in [5, 5.41) is 11.2. The van der Waals surface area contributed by atoms with Crippen LogP contribution in [-0.2, 0) is 4.79 Å². The number of amides is 1. The summed E-state index contributed by atoms with van der Waals surface area (Å²) in [7, 11) is 0. The monoisotopic (exact) mass is 227 g/mol. The largest absolute Gasteiger partial charge is 0.395 e. The quantitative estimate of drug-likeness (QED) is 0.420. The van der Waals surface area contributed by atoms with Crippen LogP contribution in [0.15, 0.2) is 12.7 Å². The van der Waals surface area contributed by atoms with Gasteiger partial charge in [0.2, 0.25) is 5.91 Å². The standard InChI is InChI=1S/C13H25NO2/c1-2-3-4-5-6-7-8-9-10-13(16)14-11-12-15/h2,15H,1,3-12H2,(H,14,16). The number of unbranched alkanes of at least 4 members (excludes halogenated alkanes) is 6. The fourth-order valence-electron chi connectivity index (χ4n) is 1.57. The molecule has 16 heavy (non-hydrogen) atoms. The van der Waals surface area contributed by atoms with E-state index >= 15 is 0 Å². The third kappa shape index (κ3) is 11.2. The first-order chi connectivity index (χ1) is 7.81. The average Bonchev–Trinajstić information content (AvgIpc) is 2.30. The molecular weight excluding hydrogens is 202 g/mol. The van der Waals surface area contributed by atoms with Crippen molar-refractivity contribution in [1.82, 2.24) is 5.32 Å². The lowest BCUT2D eigenvalue weighted by molar-refractivity contribution is -0.121. The highest BCUT2D eigenvalue weighted by atomic mass is 16.3. The number of nitrogens with one attached hydrogen (secondary N) is 1. The van der Waals surface area contributed by atoms with Crippen LogP contribution in [0.3, 0.4) is 0 Å². The summed E-state index contributed by atoms with van der Waals surface area (Å²) < 4.78 is 0. The number of allylic oxidation sites excluding steroid dienone is 1. The fourth-order valence-corrected chi connectivity index (χ4v) is 1.57. The van der Waals surface area contributed by atoms with Gasteiger partial charge < -0.3 is 10.4 Å². The molecule has 0 unspecified atom stereocenters. The third-order valence-corrected chi connectivity index (χ3v) is 2.50. The molecule has 0 spiro atoms. The number of hydrogen-bond donors (Lipinski definition) is 2. The van der Waals surface area contributed by atoms with Crippen molar-refractivity contribution in [2.45, 2.75) is 51.4 Å². The lowest BCUT2D eigenvalue weighted by atomic mass is 10.1. The van der Waals surface area contributed by atoms with E-state index in [9.17, 15) is 4.79 Å². The van der Waals surface area contributed by atoms with E-state index < -0.39 is 0 Å². The summed E-state index contributed by atoms with van der Waals surface area (Å²) in [6.45, 7) is 4.09. The van der Waals surface area contributed by atoms with Crippen LogP contribution >= 0.6 is 0 Å². The van der Waals surface area contributed by atoms with Gasteiger partial charge >= 0.3 is 0 Å². The Morgan fingerprint density at radius 2 is 1.75 bits per heavy atom. The van der Waals surface area contributed by atoms with Crippen molar-refractivity contribution in [3.05, 3.63) is 12.7 Å². The topological polar surface area (TPSA) is 49.3 Å². The molecule has 94 valence electrons. The van der Waals surface area contributed by atoms with Crippen LogP contribution in [-0.4, -0.2) is 24.2 Å². The molecule has 0 aliphatic rings. The van der Waals surface area contributed by atoms with E-state index in [1.54, 1.807) is 0 Å². The maximum absolute atomic E-state index is 11.1. The summed E-state index contributed by atoms with van der Waals surface area (Å²) in [4.78, 5) is 11.1. The number of aliphatic hydroxyl groups is 1. The molecule has 0 aliphatic heterocycles. The molecule has 0 aromatic carbocycles. The Kier molecular flexibility index (Phi) is 11.6. The third-order valence-electron chi connectivity index (χ3n) is 2.50. The summed E-state index contributed by atoms with van der Waals surface area (Å²) >= 11 is 0. The van der Waals surface area contributed by atoms with Crippen molar-refractivity contribution in [2.75, 3.05) is 13.2 Å². The summed E-state index contributed by atoms with van der Waals surface area (Å²) in [5.74, 6) is 0.0562. The molecule has 0 atom stereocenters. The molecule has 0 fully saturated rings. The van der Waals surface area contributed by atoms with Crippen LogP contribution in [0.1, 0.15) is 51.4 Å². The second kappa shape index (κ2) is 12.2. The lowest BCUT2D eigenvalue weighted by Crippen LogP contribution is -2.25. The minimum atomic E-state index is 0.0229. The highest BCUT2D eigenvalue weighted by molar-refractivity contribution is 5.75. The number of carbonyl (C=O) groups excluding carboxylic acids is 1. The molecule has 3 heteroatoms. The zero-order valence-electron chi connectivity index (χ0n) is 10.2. The van der Waals surface area contributed by atoms with Crippen molar-refractivity contribution in [2.24, 2.45) is 0 Å². The van der Waals surface area contributed by atoms with E-state index in [4.69, 9.17) is 5.11 Å². The summed E-state index contributed by atoms with van der Waals surface area (Å²) in [6.07, 6.45) is 10.7. The Morgan fingerprint density at radius 1 is 1.12 bits per heavy atom. The highest BCUT2D eigenvalue weighted by Crippen LogP contribution is 2.08. The zero-order valence-corrected chi connectivity index (χ0v) is 10.2. The molecule has 0 rings (SSSR count).